The minimum atomic E-state index is -5.67. The number of phosphoric acid groups is 3. The lowest BCUT2D eigenvalue weighted by atomic mass is 10.2. The molecule has 5 atom stereocenters. The van der Waals surface area contributed by atoms with Crippen LogP contribution < -0.4 is 11.3 Å². The number of nitrogens with zero attached hydrogens (tertiary/aromatic N) is 4. The second-order valence-electron chi connectivity index (χ2n) is 6.22. The highest BCUT2D eigenvalue weighted by Gasteiger charge is 2.43. The molecular formula is C11H16BN6O13P3. The van der Waals surface area contributed by atoms with Gasteiger partial charge in [-0.1, -0.05) is 0 Å². The third-order valence-corrected chi connectivity index (χ3v) is 7.59. The van der Waals surface area contributed by atoms with E-state index in [4.69, 9.17) is 30.4 Å². The lowest BCUT2D eigenvalue weighted by Crippen LogP contribution is -2.26. The van der Waals surface area contributed by atoms with Crippen molar-refractivity contribution in [2.45, 2.75) is 24.9 Å². The van der Waals surface area contributed by atoms with Crippen LogP contribution in [0.1, 0.15) is 12.6 Å². The van der Waals surface area contributed by atoms with Crippen LogP contribution in [0, 0.1) is 11.2 Å². The lowest BCUT2D eigenvalue weighted by Gasteiger charge is -2.19. The number of hydrogen-bond donors (Lipinski definition) is 7. The first kappa shape index (κ1) is 28.3. The fourth-order valence-corrected chi connectivity index (χ4v) is 5.69. The Balaban J connectivity index is 0.00000129. The van der Waals surface area contributed by atoms with Gasteiger partial charge in [-0.05, 0) is 5.97 Å². The van der Waals surface area contributed by atoms with Gasteiger partial charge >= 0.3 is 23.5 Å². The van der Waals surface area contributed by atoms with E-state index in [1.54, 1.807) is 0 Å². The number of H-pyrrole nitrogens is 1. The van der Waals surface area contributed by atoms with Crippen LogP contribution in [0.3, 0.4) is 0 Å². The van der Waals surface area contributed by atoms with E-state index in [1.165, 1.54) is 16.9 Å². The Morgan fingerprint density at radius 2 is 1.91 bits per heavy atom. The molecule has 0 aromatic carbocycles. The Hall–Kier alpha value is -1.97. The smallest absolute Gasteiger partial charge is 0.390 e. The molecule has 0 aliphatic carbocycles. The van der Waals surface area contributed by atoms with E-state index in [0.29, 0.717) is 0 Å². The number of nitrogens with one attached hydrogen (secondary N) is 1. The summed E-state index contributed by atoms with van der Waals surface area (Å²) in [6.07, 6.45) is -2.36. The maximum absolute atomic E-state index is 11.8. The molecule has 8 N–H and O–H groups in total. The first-order valence-electron chi connectivity index (χ1n) is 8.51. The number of nitriles is 1. The first-order chi connectivity index (χ1) is 15.6. The van der Waals surface area contributed by atoms with E-state index in [9.17, 15) is 28.5 Å². The monoisotopic (exact) mass is 544 g/mol. The van der Waals surface area contributed by atoms with Gasteiger partial charge in [-0.25, -0.2) is 23.9 Å². The van der Waals surface area contributed by atoms with Crippen LogP contribution in [0.4, 0.5) is 5.95 Å². The fourth-order valence-electron chi connectivity index (χ4n) is 2.66. The highest BCUT2D eigenvalue weighted by atomic mass is 31.3. The third kappa shape index (κ3) is 7.78. The molecule has 23 heteroatoms. The molecule has 3 rings (SSSR count). The zero-order chi connectivity index (χ0) is 25.9. The van der Waals surface area contributed by atoms with E-state index in [-0.39, 0.29) is 23.5 Å². The molecule has 1 aliphatic heterocycles. The zero-order valence-electron chi connectivity index (χ0n) is 16.5. The molecule has 1 fully saturated rings. The predicted octanol–water partition coefficient (Wildman–Crippen LogP) is -1.67. The number of aliphatic hydroxyl groups is 1. The Kier molecular flexibility index (Phi) is 8.94. The molecule has 2 radical (unpaired) electrons. The van der Waals surface area contributed by atoms with Gasteiger partial charge in [0.15, 0.2) is 11.2 Å². The van der Waals surface area contributed by atoms with Crippen LogP contribution in [0.25, 0.3) is 11.2 Å². The standard InChI is InChI=1S/C10H16N5O13P3.CBN/c11-10-13-8-7(9(17)14-10)12-3-15(8)6-1-4(16)5(26-6)2-25-30(21,22)28-31(23,24)27-29(18,19)20;2-1-3/h3-6,16H,1-2H2,(H,21,22)(H,23,24)(H2,18,19,20)(H3,11,13,14,17);/t4-,5+,6+;/m0./s1. The zero-order valence-corrected chi connectivity index (χ0v) is 19.2. The van der Waals surface area contributed by atoms with E-state index in [1.807, 2.05) is 0 Å². The average Bonchev–Trinajstić information content (AvgIpc) is 3.21. The fraction of sp³-hybridized carbons (Fsp3) is 0.455. The lowest BCUT2D eigenvalue weighted by molar-refractivity contribution is -0.0423. The molecule has 0 amide bonds. The van der Waals surface area contributed by atoms with Crippen LogP contribution >= 0.6 is 23.5 Å². The Labute approximate surface area is 190 Å². The molecular weight excluding hydrogens is 528 g/mol. The number of nitrogen functional groups attached to an aromatic ring is 1. The molecule has 186 valence electrons. The van der Waals surface area contributed by atoms with Crippen molar-refractivity contribution in [1.29, 1.82) is 5.26 Å². The van der Waals surface area contributed by atoms with Gasteiger partial charge in [-0.2, -0.15) is 13.6 Å². The minimum Gasteiger partial charge on any atom is -0.390 e. The molecule has 0 spiro atoms. The van der Waals surface area contributed by atoms with Crippen molar-refractivity contribution in [1.82, 2.24) is 19.5 Å². The van der Waals surface area contributed by atoms with Crippen molar-refractivity contribution >= 4 is 48.4 Å². The maximum Gasteiger partial charge on any atom is 0.490 e. The highest BCUT2D eigenvalue weighted by Crippen LogP contribution is 2.66. The molecule has 2 unspecified atom stereocenters. The van der Waals surface area contributed by atoms with Crippen LogP contribution in [0.2, 0.25) is 0 Å². The van der Waals surface area contributed by atoms with Crippen LogP contribution in [0.15, 0.2) is 11.1 Å². The molecule has 2 aromatic rings. The first-order valence-corrected chi connectivity index (χ1v) is 13.0. The predicted molar refractivity (Wildman–Crippen MR) is 108 cm³/mol. The summed E-state index contributed by atoms with van der Waals surface area (Å²) < 4.78 is 52.1. The van der Waals surface area contributed by atoms with Gasteiger partial charge < -0.3 is 35.2 Å². The van der Waals surface area contributed by atoms with E-state index < -0.39 is 54.1 Å². The van der Waals surface area contributed by atoms with Crippen LogP contribution in [-0.4, -0.2) is 70.9 Å². The number of nitrogens with two attached hydrogens (primary N) is 1. The van der Waals surface area contributed by atoms with Gasteiger partial charge in [0.25, 0.3) is 5.56 Å². The number of rotatable bonds is 8. The molecule has 34 heavy (non-hydrogen) atoms. The van der Waals surface area contributed by atoms with Gasteiger partial charge in [-0.15, -0.1) is 0 Å². The number of aromatic nitrogens is 4. The van der Waals surface area contributed by atoms with Crippen molar-refractivity contribution in [3.63, 3.8) is 0 Å². The van der Waals surface area contributed by atoms with Gasteiger partial charge in [0.2, 0.25) is 13.8 Å². The Morgan fingerprint density at radius 1 is 1.29 bits per heavy atom. The van der Waals surface area contributed by atoms with Crippen molar-refractivity contribution in [3.8, 4) is 5.97 Å². The van der Waals surface area contributed by atoms with Gasteiger partial charge in [-0.3, -0.25) is 18.9 Å². The van der Waals surface area contributed by atoms with Gasteiger partial charge in [0.1, 0.15) is 12.3 Å². The van der Waals surface area contributed by atoms with Crippen LogP contribution in [0.5, 0.6) is 0 Å². The SMILES string of the molecule is Nc1nc2c(ncn2[C@H]2C[C@H](O)[C@@H](COP(=O)(O)OP(=O)(O)OP(=O)(O)O)O2)c(=O)[nH]1.[B]C#N. The summed E-state index contributed by atoms with van der Waals surface area (Å²) >= 11 is 0. The molecule has 1 saturated heterocycles. The number of imidazole rings is 1. The topological polar surface area (TPSA) is 303 Å². The summed E-state index contributed by atoms with van der Waals surface area (Å²) in [6.45, 7) is -0.843. The number of aromatic amines is 1. The van der Waals surface area contributed by atoms with E-state index in [0.717, 1.165) is 0 Å². The minimum absolute atomic E-state index is 0.0481. The number of anilines is 1. The van der Waals surface area contributed by atoms with Crippen molar-refractivity contribution in [2.75, 3.05) is 12.3 Å². The van der Waals surface area contributed by atoms with Crippen molar-refractivity contribution in [2.24, 2.45) is 0 Å². The van der Waals surface area contributed by atoms with Gasteiger partial charge in [0, 0.05) is 6.42 Å². The second-order valence-corrected chi connectivity index (χ2v) is 10.6. The summed E-state index contributed by atoms with van der Waals surface area (Å²) in [5, 5.41) is 17.2. The average molecular weight is 544 g/mol. The van der Waals surface area contributed by atoms with Gasteiger partial charge in [0.05, 0.1) is 19.0 Å². The largest absolute Gasteiger partial charge is 0.490 e. The number of ether oxygens (including phenoxy) is 1. The Bertz CT molecular complexity index is 1270. The number of aliphatic hydroxyl groups excluding tert-OH is 1. The van der Waals surface area contributed by atoms with E-state index >= 15 is 0 Å². The normalized spacial score (nSPS) is 23.9. The third-order valence-electron chi connectivity index (χ3n) is 3.78. The summed E-state index contributed by atoms with van der Waals surface area (Å²) in [7, 11) is -12.4. The molecule has 19 nitrogen and oxygen atoms in total. The number of fused-ring (bicyclic) bond motifs is 1. The molecule has 0 bridgehead atoms. The van der Waals surface area contributed by atoms with Crippen LogP contribution in [-0.2, 0) is 31.6 Å². The maximum atomic E-state index is 11.8. The molecule has 0 saturated carbocycles. The summed E-state index contributed by atoms with van der Waals surface area (Å²) in [6, 6.07) is 0. The summed E-state index contributed by atoms with van der Waals surface area (Å²) in [4.78, 5) is 57.5. The van der Waals surface area contributed by atoms with Crippen molar-refractivity contribution < 1.29 is 56.3 Å². The molecule has 3 heterocycles. The van der Waals surface area contributed by atoms with E-state index in [2.05, 4.69) is 35.9 Å². The molecule has 1 aliphatic rings. The second kappa shape index (κ2) is 10.7. The molecule has 2 aromatic heterocycles. The number of phosphoric ester groups is 1. The van der Waals surface area contributed by atoms with Crippen molar-refractivity contribution in [3.05, 3.63) is 16.7 Å². The highest BCUT2D eigenvalue weighted by molar-refractivity contribution is 7.66. The quantitative estimate of drug-likeness (QED) is 0.144. The summed E-state index contributed by atoms with van der Waals surface area (Å²) in [5.74, 6) is 1.06. The number of hydrogen-bond acceptors (Lipinski definition) is 13. The summed E-state index contributed by atoms with van der Waals surface area (Å²) in [5.41, 5.74) is 4.89. The Morgan fingerprint density at radius 3 is 2.50 bits per heavy atom.